The number of ether oxygens (including phenoxy) is 3. The number of carbonyl (C=O) groups excluding carboxylic acids is 5. The molecule has 0 saturated carbocycles. The Morgan fingerprint density at radius 1 is 0.803 bits per heavy atom. The standard InChI is InChI=1S/C53H84N4O9/c1-16-35(6)48(45(64-14)31-46(60)57-28-20-23-42(57)50(65-15)37(8)43(58)29-36(7)49(61)39-21-18-17-19-22-39)55(12)51(62)41(33(2)3)30-44(59)47(34(4)5)56(13)52(63)66-32-38-24-26-40(27-25-38)54-53(9,10)11/h17-19,21-22,24-27,33-37,41-42,45,47-50,54,61H,16,20,23,28-32H2,1-15H3/t35-,36-,37-,41-,42-,45?,47-,48-,49+,50+/m0/s1. The average molecular weight is 921 g/mol. The molecule has 2 N–H and O–H groups in total. The minimum absolute atomic E-state index is 0.00421. The van der Waals surface area contributed by atoms with Gasteiger partial charge < -0.3 is 39.3 Å². The zero-order valence-electron chi connectivity index (χ0n) is 42.8. The van der Waals surface area contributed by atoms with Gasteiger partial charge in [-0.05, 0) is 80.5 Å². The van der Waals surface area contributed by atoms with Crippen molar-refractivity contribution in [3.05, 3.63) is 65.7 Å². The van der Waals surface area contributed by atoms with E-state index in [1.807, 2.05) is 115 Å². The number of aliphatic hydroxyl groups is 1. The van der Waals surface area contributed by atoms with Crippen molar-refractivity contribution >= 4 is 35.2 Å². The van der Waals surface area contributed by atoms with Gasteiger partial charge in [-0.3, -0.25) is 19.2 Å². The maximum absolute atomic E-state index is 14.7. The highest BCUT2D eigenvalue weighted by Gasteiger charge is 2.43. The second kappa shape index (κ2) is 25.7. The zero-order chi connectivity index (χ0) is 49.6. The van der Waals surface area contributed by atoms with Crippen molar-refractivity contribution in [3.63, 3.8) is 0 Å². The summed E-state index contributed by atoms with van der Waals surface area (Å²) in [6.45, 7) is 22.2. The molecule has 1 unspecified atom stereocenters. The summed E-state index contributed by atoms with van der Waals surface area (Å²) in [6.07, 6.45) is -0.407. The molecule has 3 rings (SSSR count). The smallest absolute Gasteiger partial charge is 0.410 e. The largest absolute Gasteiger partial charge is 0.445 e. The highest BCUT2D eigenvalue weighted by atomic mass is 16.6. The van der Waals surface area contributed by atoms with E-state index in [-0.39, 0.29) is 84.5 Å². The van der Waals surface area contributed by atoms with Gasteiger partial charge in [-0.1, -0.05) is 104 Å². The van der Waals surface area contributed by atoms with Crippen LogP contribution in [0.4, 0.5) is 10.5 Å². The van der Waals surface area contributed by atoms with Crippen LogP contribution in [0.1, 0.15) is 132 Å². The van der Waals surface area contributed by atoms with Crippen LogP contribution in [0.3, 0.4) is 0 Å². The number of rotatable bonds is 25. The summed E-state index contributed by atoms with van der Waals surface area (Å²) < 4.78 is 17.8. The van der Waals surface area contributed by atoms with Gasteiger partial charge in [-0.15, -0.1) is 0 Å². The van der Waals surface area contributed by atoms with Crippen molar-refractivity contribution in [2.45, 2.75) is 163 Å². The molecule has 1 heterocycles. The van der Waals surface area contributed by atoms with E-state index in [2.05, 4.69) is 26.1 Å². The average Bonchev–Trinajstić information content (AvgIpc) is 3.76. The Morgan fingerprint density at radius 2 is 1.42 bits per heavy atom. The summed E-state index contributed by atoms with van der Waals surface area (Å²) in [5, 5.41) is 14.4. The SMILES string of the molecule is CC[C@H](C)[C@@H](C(CC(=O)N1CCC[C@H]1[C@H](OC)[C@@H](C)C(=O)C[C@H](C)[C@@H](O)c1ccccc1)OC)N(C)C(=O)[C@@H](CC(=O)[C@H](C(C)C)N(C)C(=O)OCc1ccc(NC(C)(C)C)cc1)C(C)C. The first-order valence-electron chi connectivity index (χ1n) is 24.1. The molecule has 0 spiro atoms. The van der Waals surface area contributed by atoms with Crippen molar-refractivity contribution in [3.8, 4) is 0 Å². The quantitative estimate of drug-likeness (QED) is 0.0987. The van der Waals surface area contributed by atoms with Crippen molar-refractivity contribution in [1.82, 2.24) is 14.7 Å². The molecule has 0 aliphatic carbocycles. The number of amides is 3. The monoisotopic (exact) mass is 921 g/mol. The molecule has 1 aliphatic rings. The Hall–Kier alpha value is -4.33. The third-order valence-electron chi connectivity index (χ3n) is 13.6. The molecular weight excluding hydrogens is 837 g/mol. The predicted molar refractivity (Wildman–Crippen MR) is 261 cm³/mol. The number of benzene rings is 2. The topological polar surface area (TPSA) is 155 Å². The summed E-state index contributed by atoms with van der Waals surface area (Å²) in [4.78, 5) is 75.2. The number of hydrogen-bond donors (Lipinski definition) is 2. The van der Waals surface area contributed by atoms with Crippen molar-refractivity contribution < 1.29 is 43.3 Å². The Bertz CT molecular complexity index is 1850. The highest BCUT2D eigenvalue weighted by molar-refractivity contribution is 5.92. The Kier molecular flexibility index (Phi) is 21.8. The van der Waals surface area contributed by atoms with Gasteiger partial charge in [0.25, 0.3) is 0 Å². The summed E-state index contributed by atoms with van der Waals surface area (Å²) in [7, 11) is 6.43. The van der Waals surface area contributed by atoms with Gasteiger partial charge in [0.05, 0.1) is 42.9 Å². The van der Waals surface area contributed by atoms with Crippen LogP contribution >= 0.6 is 0 Å². The minimum Gasteiger partial charge on any atom is -0.445 e. The van der Waals surface area contributed by atoms with Crippen LogP contribution in [-0.2, 0) is 40.0 Å². The van der Waals surface area contributed by atoms with E-state index < -0.39 is 48.3 Å². The number of aliphatic hydroxyl groups excluding tert-OH is 1. The lowest BCUT2D eigenvalue weighted by atomic mass is 9.83. The van der Waals surface area contributed by atoms with E-state index in [0.717, 1.165) is 23.2 Å². The molecule has 370 valence electrons. The van der Waals surface area contributed by atoms with Crippen molar-refractivity contribution in [2.24, 2.45) is 35.5 Å². The second-order valence-electron chi connectivity index (χ2n) is 20.5. The van der Waals surface area contributed by atoms with Crippen LogP contribution in [0, 0.1) is 35.5 Å². The van der Waals surface area contributed by atoms with Gasteiger partial charge in [0, 0.05) is 70.8 Å². The Balaban J connectivity index is 1.74. The van der Waals surface area contributed by atoms with Gasteiger partial charge in [-0.2, -0.15) is 0 Å². The van der Waals surface area contributed by atoms with E-state index in [1.54, 1.807) is 33.2 Å². The van der Waals surface area contributed by atoms with Crippen LogP contribution in [0.2, 0.25) is 0 Å². The molecule has 2 aromatic rings. The molecule has 10 atom stereocenters. The second-order valence-corrected chi connectivity index (χ2v) is 20.5. The number of hydrogen-bond acceptors (Lipinski definition) is 10. The first-order chi connectivity index (χ1) is 31.0. The molecule has 66 heavy (non-hydrogen) atoms. The molecule has 0 aromatic heterocycles. The van der Waals surface area contributed by atoms with Crippen LogP contribution in [0.25, 0.3) is 0 Å². The molecule has 13 heteroatoms. The lowest BCUT2D eigenvalue weighted by Crippen LogP contribution is -2.54. The summed E-state index contributed by atoms with van der Waals surface area (Å²) in [5.41, 5.74) is 2.43. The number of likely N-dealkylation sites (tertiary alicyclic amines) is 1. The molecule has 2 aromatic carbocycles. The van der Waals surface area contributed by atoms with Gasteiger partial charge >= 0.3 is 6.09 Å². The molecule has 1 fully saturated rings. The molecule has 13 nitrogen and oxygen atoms in total. The number of carbonyl (C=O) groups is 5. The van der Waals surface area contributed by atoms with E-state index >= 15 is 0 Å². The number of Topliss-reactive ketones (excluding diaryl/α,β-unsaturated/α-hetero) is 2. The lowest BCUT2D eigenvalue weighted by molar-refractivity contribution is -0.149. The molecular formula is C53H84N4O9. The summed E-state index contributed by atoms with van der Waals surface area (Å²) in [6, 6.07) is 15.3. The zero-order valence-corrected chi connectivity index (χ0v) is 42.8. The molecule has 3 amide bonds. The predicted octanol–water partition coefficient (Wildman–Crippen LogP) is 8.97. The van der Waals surface area contributed by atoms with E-state index in [4.69, 9.17) is 14.2 Å². The maximum atomic E-state index is 14.7. The Morgan fingerprint density at radius 3 is 1.95 bits per heavy atom. The maximum Gasteiger partial charge on any atom is 0.410 e. The van der Waals surface area contributed by atoms with E-state index in [9.17, 15) is 29.1 Å². The van der Waals surface area contributed by atoms with E-state index in [0.29, 0.717) is 19.4 Å². The normalized spacial score (nSPS) is 18.4. The number of nitrogens with zero attached hydrogens (tertiary/aromatic N) is 3. The lowest BCUT2D eigenvalue weighted by Gasteiger charge is -2.41. The number of anilines is 1. The number of nitrogens with one attached hydrogen (secondary N) is 1. The molecule has 1 saturated heterocycles. The fourth-order valence-electron chi connectivity index (χ4n) is 9.65. The Labute approximate surface area is 396 Å². The van der Waals surface area contributed by atoms with E-state index in [1.165, 1.54) is 4.90 Å². The third-order valence-corrected chi connectivity index (χ3v) is 13.6. The van der Waals surface area contributed by atoms with Gasteiger partial charge in [0.2, 0.25) is 11.8 Å². The highest BCUT2D eigenvalue weighted by Crippen LogP contribution is 2.33. The van der Waals surface area contributed by atoms with Crippen molar-refractivity contribution in [2.75, 3.05) is 40.2 Å². The molecule has 1 aliphatic heterocycles. The molecule has 0 bridgehead atoms. The van der Waals surface area contributed by atoms with Crippen LogP contribution < -0.4 is 5.32 Å². The van der Waals surface area contributed by atoms with Crippen LogP contribution in [0.5, 0.6) is 0 Å². The third kappa shape index (κ3) is 15.4. The van der Waals surface area contributed by atoms with Gasteiger partial charge in [0.1, 0.15) is 12.4 Å². The first-order valence-corrected chi connectivity index (χ1v) is 24.1. The number of methoxy groups -OCH3 is 2. The number of ketones is 2. The van der Waals surface area contributed by atoms with Crippen LogP contribution in [0.15, 0.2) is 54.6 Å². The summed E-state index contributed by atoms with van der Waals surface area (Å²) in [5.74, 6) is -2.71. The van der Waals surface area contributed by atoms with Gasteiger partial charge in [0.15, 0.2) is 5.78 Å². The fourth-order valence-corrected chi connectivity index (χ4v) is 9.65. The van der Waals surface area contributed by atoms with Gasteiger partial charge in [-0.25, -0.2) is 4.79 Å². The minimum atomic E-state index is -0.823. The number of likely N-dealkylation sites (N-methyl/N-ethyl adjacent to an activating group) is 2. The fraction of sp³-hybridized carbons (Fsp3) is 0.679. The molecule has 0 radical (unpaired) electrons. The summed E-state index contributed by atoms with van der Waals surface area (Å²) >= 11 is 0. The van der Waals surface area contributed by atoms with Crippen molar-refractivity contribution in [1.29, 1.82) is 0 Å². The van der Waals surface area contributed by atoms with Crippen LogP contribution in [-0.4, -0.2) is 120 Å². The first kappa shape index (κ1) is 56.0.